The van der Waals surface area contributed by atoms with Crippen molar-refractivity contribution < 1.29 is 17.9 Å². The fourth-order valence-electron chi connectivity index (χ4n) is 5.33. The van der Waals surface area contributed by atoms with Crippen LogP contribution in [0.4, 0.5) is 0 Å². The monoisotopic (exact) mass is 577 g/mol. The highest BCUT2D eigenvalue weighted by Crippen LogP contribution is 2.31. The lowest BCUT2D eigenvalue weighted by atomic mass is 10.1. The van der Waals surface area contributed by atoms with E-state index in [2.05, 4.69) is 29.2 Å². The van der Waals surface area contributed by atoms with Crippen LogP contribution in [0.15, 0.2) is 81.8 Å². The van der Waals surface area contributed by atoms with E-state index in [9.17, 15) is 18.0 Å². The third-order valence-electron chi connectivity index (χ3n) is 7.10. The average Bonchev–Trinajstić information content (AvgIpc) is 3.47. The van der Waals surface area contributed by atoms with Crippen LogP contribution >= 0.6 is 11.3 Å². The Morgan fingerprint density at radius 3 is 2.50 bits per heavy atom. The number of amides is 1. The molecule has 5 aromatic rings. The molecule has 0 aliphatic carbocycles. The normalized spacial score (nSPS) is 12.6. The molecule has 0 aliphatic rings. The SMILES string of the molecule is CCCC(CC(=O)NS(=O)(=O)c1ccccc1OC)n1c(=O)n(Cc2csc3cccc(C)c23)c2ccccc21. The van der Waals surface area contributed by atoms with Gasteiger partial charge in [0.15, 0.2) is 0 Å². The summed E-state index contributed by atoms with van der Waals surface area (Å²) in [6, 6.07) is 19.3. The van der Waals surface area contributed by atoms with Crippen LogP contribution in [-0.2, 0) is 21.4 Å². The van der Waals surface area contributed by atoms with Gasteiger partial charge in [-0.05, 0) is 60.2 Å². The van der Waals surface area contributed by atoms with Crippen molar-refractivity contribution in [2.24, 2.45) is 0 Å². The van der Waals surface area contributed by atoms with Crippen molar-refractivity contribution in [3.63, 3.8) is 0 Å². The molecule has 0 spiro atoms. The minimum atomic E-state index is -4.17. The Morgan fingerprint density at radius 2 is 1.75 bits per heavy atom. The highest BCUT2D eigenvalue weighted by molar-refractivity contribution is 7.90. The summed E-state index contributed by atoms with van der Waals surface area (Å²) in [5, 5.41) is 3.25. The summed E-state index contributed by atoms with van der Waals surface area (Å²) in [6.07, 6.45) is 1.06. The van der Waals surface area contributed by atoms with Crippen molar-refractivity contribution in [2.75, 3.05) is 7.11 Å². The fourth-order valence-corrected chi connectivity index (χ4v) is 7.52. The Morgan fingerprint density at radius 1 is 1.02 bits per heavy atom. The van der Waals surface area contributed by atoms with Crippen LogP contribution < -0.4 is 15.1 Å². The van der Waals surface area contributed by atoms with Crippen LogP contribution in [0.25, 0.3) is 21.1 Å². The lowest BCUT2D eigenvalue weighted by Gasteiger charge is -2.18. The Kier molecular flexibility index (Phi) is 7.82. The number of ether oxygens (including phenoxy) is 1. The van der Waals surface area contributed by atoms with Crippen LogP contribution in [-0.4, -0.2) is 30.6 Å². The minimum absolute atomic E-state index is 0.120. The number of thiophene rings is 1. The van der Waals surface area contributed by atoms with E-state index in [-0.39, 0.29) is 22.8 Å². The zero-order chi connectivity index (χ0) is 28.4. The highest BCUT2D eigenvalue weighted by Gasteiger charge is 2.27. The quantitative estimate of drug-likeness (QED) is 0.232. The molecular weight excluding hydrogens is 546 g/mol. The summed E-state index contributed by atoms with van der Waals surface area (Å²) in [7, 11) is -2.80. The fraction of sp³-hybridized carbons (Fsp3) is 0.267. The van der Waals surface area contributed by atoms with Gasteiger partial charge in [-0.1, -0.05) is 49.7 Å². The van der Waals surface area contributed by atoms with Gasteiger partial charge in [-0.15, -0.1) is 11.3 Å². The Balaban J connectivity index is 1.50. The Hall–Kier alpha value is -3.89. The molecule has 0 saturated carbocycles. The number of rotatable bonds is 10. The van der Waals surface area contributed by atoms with Crippen LogP contribution in [0.1, 0.15) is 43.4 Å². The molecule has 0 aliphatic heterocycles. The van der Waals surface area contributed by atoms with Gasteiger partial charge in [0.25, 0.3) is 10.0 Å². The molecule has 2 heterocycles. The topological polar surface area (TPSA) is 99.4 Å². The van der Waals surface area contributed by atoms with Gasteiger partial charge < -0.3 is 4.74 Å². The number of carbonyl (C=O) groups excluding carboxylic acids is 1. The molecule has 1 amide bonds. The van der Waals surface area contributed by atoms with Gasteiger partial charge in [0, 0.05) is 22.5 Å². The van der Waals surface area contributed by atoms with Crippen LogP contribution in [0.5, 0.6) is 5.75 Å². The lowest BCUT2D eigenvalue weighted by molar-refractivity contribution is -0.120. The van der Waals surface area contributed by atoms with Gasteiger partial charge in [-0.25, -0.2) is 17.9 Å². The third kappa shape index (κ3) is 5.16. The van der Waals surface area contributed by atoms with Gasteiger partial charge in [-0.2, -0.15) is 0 Å². The van der Waals surface area contributed by atoms with E-state index in [1.165, 1.54) is 23.9 Å². The molecular formula is C30H31N3O5S2. The van der Waals surface area contributed by atoms with Crippen molar-refractivity contribution in [1.82, 2.24) is 13.9 Å². The maximum Gasteiger partial charge on any atom is 0.329 e. The summed E-state index contributed by atoms with van der Waals surface area (Å²) in [4.78, 5) is 27.0. The largest absolute Gasteiger partial charge is 0.495 e. The first kappa shape index (κ1) is 27.7. The number of nitrogens with one attached hydrogen (secondary N) is 1. The summed E-state index contributed by atoms with van der Waals surface area (Å²) in [5.74, 6) is -0.545. The van der Waals surface area contributed by atoms with Crippen LogP contribution in [0.2, 0.25) is 0 Å². The second kappa shape index (κ2) is 11.3. The highest BCUT2D eigenvalue weighted by atomic mass is 32.2. The first-order chi connectivity index (χ1) is 19.2. The molecule has 0 fully saturated rings. The Bertz CT molecular complexity index is 1870. The summed E-state index contributed by atoms with van der Waals surface area (Å²) < 4.78 is 37.9. The standard InChI is InChI=1S/C30H31N3O5S2/c1-4-10-22(17-28(34)31-40(36,37)27-16-8-7-14-25(27)38-3)33-24-13-6-5-12-23(24)32(30(33)35)18-21-19-39-26-15-9-11-20(2)29(21)26/h5-9,11-16,19,22H,4,10,17-18H2,1-3H3,(H,31,34). The number of hydrogen-bond donors (Lipinski definition) is 1. The first-order valence-electron chi connectivity index (χ1n) is 13.1. The van der Waals surface area contributed by atoms with Gasteiger partial charge in [0.1, 0.15) is 10.6 Å². The van der Waals surface area contributed by atoms with E-state index in [1.54, 1.807) is 32.6 Å². The molecule has 40 heavy (non-hydrogen) atoms. The predicted octanol–water partition coefficient (Wildman–Crippen LogP) is 5.62. The van der Waals surface area contributed by atoms with Crippen molar-refractivity contribution >= 4 is 48.4 Å². The number of carbonyl (C=O) groups is 1. The van der Waals surface area contributed by atoms with Gasteiger partial charge in [-0.3, -0.25) is 13.9 Å². The average molecular weight is 578 g/mol. The van der Waals surface area contributed by atoms with E-state index >= 15 is 0 Å². The number of sulfonamides is 1. The molecule has 0 saturated heterocycles. The van der Waals surface area contributed by atoms with Gasteiger partial charge >= 0.3 is 5.69 Å². The van der Waals surface area contributed by atoms with E-state index in [0.717, 1.165) is 22.0 Å². The number of methoxy groups -OCH3 is 1. The van der Waals surface area contributed by atoms with Crippen molar-refractivity contribution in [1.29, 1.82) is 0 Å². The van der Waals surface area contributed by atoms with E-state index in [1.807, 2.05) is 37.3 Å². The molecule has 8 nitrogen and oxygen atoms in total. The smallest absolute Gasteiger partial charge is 0.329 e. The number of aromatic nitrogens is 2. The zero-order valence-electron chi connectivity index (χ0n) is 22.6. The van der Waals surface area contributed by atoms with Gasteiger partial charge in [0.2, 0.25) is 5.91 Å². The zero-order valence-corrected chi connectivity index (χ0v) is 24.2. The number of aryl methyl sites for hydroxylation is 1. The van der Waals surface area contributed by atoms with Crippen molar-refractivity contribution in [3.05, 3.63) is 93.7 Å². The molecule has 1 atom stereocenters. The van der Waals surface area contributed by atoms with Crippen LogP contribution in [0.3, 0.4) is 0 Å². The summed E-state index contributed by atoms with van der Waals surface area (Å²) >= 11 is 1.65. The minimum Gasteiger partial charge on any atom is -0.495 e. The number of imidazole rings is 1. The van der Waals surface area contributed by atoms with Crippen LogP contribution in [0, 0.1) is 6.92 Å². The molecule has 3 aromatic carbocycles. The number of para-hydroxylation sites is 3. The number of nitrogens with zero attached hydrogens (tertiary/aromatic N) is 2. The number of fused-ring (bicyclic) bond motifs is 2. The second-order valence-electron chi connectivity index (χ2n) is 9.76. The number of hydrogen-bond acceptors (Lipinski definition) is 6. The molecule has 208 valence electrons. The lowest BCUT2D eigenvalue weighted by Crippen LogP contribution is -2.35. The predicted molar refractivity (Wildman–Crippen MR) is 159 cm³/mol. The summed E-state index contributed by atoms with van der Waals surface area (Å²) in [6.45, 7) is 4.44. The first-order valence-corrected chi connectivity index (χ1v) is 15.5. The molecule has 10 heteroatoms. The maximum atomic E-state index is 14.0. The molecule has 5 rings (SSSR count). The van der Waals surface area contributed by atoms with E-state index < -0.39 is 22.0 Å². The van der Waals surface area contributed by atoms with Crippen molar-refractivity contribution in [2.45, 2.75) is 50.6 Å². The number of benzene rings is 3. The molecule has 2 aromatic heterocycles. The summed E-state index contributed by atoms with van der Waals surface area (Å²) in [5.41, 5.74) is 3.47. The van der Waals surface area contributed by atoms with E-state index in [4.69, 9.17) is 4.74 Å². The molecule has 1 unspecified atom stereocenters. The molecule has 1 N–H and O–H groups in total. The van der Waals surface area contributed by atoms with Gasteiger partial charge in [0.05, 0.1) is 24.7 Å². The van der Waals surface area contributed by atoms with E-state index in [0.29, 0.717) is 24.9 Å². The molecule has 0 bridgehead atoms. The third-order valence-corrected chi connectivity index (χ3v) is 9.51. The van der Waals surface area contributed by atoms with Crippen molar-refractivity contribution in [3.8, 4) is 5.75 Å². The second-order valence-corrected chi connectivity index (χ2v) is 12.3. The maximum absolute atomic E-state index is 14.0. The molecule has 0 radical (unpaired) electrons. The Labute approximate surface area is 236 Å².